The van der Waals surface area contributed by atoms with Crippen molar-refractivity contribution in [3.8, 4) is 0 Å². The van der Waals surface area contributed by atoms with Crippen molar-refractivity contribution in [1.82, 2.24) is 5.32 Å². The van der Waals surface area contributed by atoms with Crippen molar-refractivity contribution in [3.05, 3.63) is 58.8 Å². The van der Waals surface area contributed by atoms with Gasteiger partial charge in [0.2, 0.25) is 0 Å². The van der Waals surface area contributed by atoms with Crippen LogP contribution in [0.1, 0.15) is 29.6 Å². The SMILES string of the molecule is Cc1ccc(C(C)(O)CNCc2ccc(F)c(C)c2)o1. The molecule has 1 heterocycles. The van der Waals surface area contributed by atoms with Gasteiger partial charge in [-0.2, -0.15) is 0 Å². The van der Waals surface area contributed by atoms with E-state index in [1.807, 2.05) is 13.0 Å². The van der Waals surface area contributed by atoms with Crippen LogP contribution in [-0.4, -0.2) is 11.7 Å². The molecule has 0 bridgehead atoms. The average molecular weight is 277 g/mol. The summed E-state index contributed by atoms with van der Waals surface area (Å²) in [5.41, 5.74) is 0.539. The smallest absolute Gasteiger partial charge is 0.136 e. The second-order valence-electron chi connectivity index (χ2n) is 5.37. The molecule has 0 saturated heterocycles. The quantitative estimate of drug-likeness (QED) is 0.883. The van der Waals surface area contributed by atoms with E-state index >= 15 is 0 Å². The molecule has 3 nitrogen and oxygen atoms in total. The van der Waals surface area contributed by atoms with Crippen molar-refractivity contribution < 1.29 is 13.9 Å². The molecular formula is C16H20FNO2. The van der Waals surface area contributed by atoms with Crippen molar-refractivity contribution in [1.29, 1.82) is 0 Å². The summed E-state index contributed by atoms with van der Waals surface area (Å²) >= 11 is 0. The van der Waals surface area contributed by atoms with Gasteiger partial charge in [-0.25, -0.2) is 4.39 Å². The van der Waals surface area contributed by atoms with Crippen LogP contribution in [0.2, 0.25) is 0 Å². The fourth-order valence-electron chi connectivity index (χ4n) is 2.08. The molecule has 0 saturated carbocycles. The molecule has 0 aliphatic heterocycles. The number of furan rings is 1. The third-order valence-corrected chi connectivity index (χ3v) is 3.29. The maximum Gasteiger partial charge on any atom is 0.136 e. The van der Waals surface area contributed by atoms with Gasteiger partial charge < -0.3 is 14.8 Å². The fraction of sp³-hybridized carbons (Fsp3) is 0.375. The zero-order valence-electron chi connectivity index (χ0n) is 12.0. The van der Waals surface area contributed by atoms with Crippen LogP contribution in [0.3, 0.4) is 0 Å². The van der Waals surface area contributed by atoms with Gasteiger partial charge in [-0.05, 0) is 50.1 Å². The summed E-state index contributed by atoms with van der Waals surface area (Å²) in [5, 5.41) is 13.5. The van der Waals surface area contributed by atoms with E-state index in [2.05, 4.69) is 5.32 Å². The van der Waals surface area contributed by atoms with Gasteiger partial charge in [-0.3, -0.25) is 0 Å². The Labute approximate surface area is 118 Å². The zero-order chi connectivity index (χ0) is 14.8. The molecule has 2 rings (SSSR count). The number of rotatable bonds is 5. The average Bonchev–Trinajstić information content (AvgIpc) is 2.81. The molecule has 1 unspecified atom stereocenters. The Kier molecular flexibility index (Phi) is 4.26. The van der Waals surface area contributed by atoms with E-state index < -0.39 is 5.60 Å². The monoisotopic (exact) mass is 277 g/mol. The standard InChI is InChI=1S/C16H20FNO2/c1-11-8-13(5-6-14(11)17)9-18-10-16(3,19)15-7-4-12(2)20-15/h4-8,18-19H,9-10H2,1-3H3. The van der Waals surface area contributed by atoms with E-state index in [-0.39, 0.29) is 5.82 Å². The summed E-state index contributed by atoms with van der Waals surface area (Å²) in [6.45, 7) is 6.20. The van der Waals surface area contributed by atoms with Crippen molar-refractivity contribution in [3.63, 3.8) is 0 Å². The molecule has 0 spiro atoms. The number of halogens is 1. The highest BCUT2D eigenvalue weighted by Crippen LogP contribution is 2.22. The van der Waals surface area contributed by atoms with Crippen molar-refractivity contribution in [2.75, 3.05) is 6.54 Å². The van der Waals surface area contributed by atoms with Crippen molar-refractivity contribution in [2.45, 2.75) is 32.9 Å². The third kappa shape index (κ3) is 3.46. The number of hydrogen-bond acceptors (Lipinski definition) is 3. The maximum atomic E-state index is 13.2. The summed E-state index contributed by atoms with van der Waals surface area (Å²) < 4.78 is 18.6. The number of hydrogen-bond donors (Lipinski definition) is 2. The second kappa shape index (κ2) is 5.77. The minimum atomic E-state index is -1.07. The van der Waals surface area contributed by atoms with Crippen LogP contribution in [0.15, 0.2) is 34.7 Å². The van der Waals surface area contributed by atoms with Crippen LogP contribution in [0.25, 0.3) is 0 Å². The van der Waals surface area contributed by atoms with Gasteiger partial charge in [-0.1, -0.05) is 12.1 Å². The first-order valence-electron chi connectivity index (χ1n) is 6.63. The van der Waals surface area contributed by atoms with Crippen LogP contribution in [-0.2, 0) is 12.1 Å². The van der Waals surface area contributed by atoms with Gasteiger partial charge in [0.15, 0.2) is 0 Å². The molecule has 1 aromatic heterocycles. The molecule has 2 aromatic rings. The van der Waals surface area contributed by atoms with Gasteiger partial charge in [0, 0.05) is 13.1 Å². The maximum absolute atomic E-state index is 13.2. The Bertz CT molecular complexity index is 590. The lowest BCUT2D eigenvalue weighted by Gasteiger charge is -2.21. The predicted molar refractivity (Wildman–Crippen MR) is 75.9 cm³/mol. The van der Waals surface area contributed by atoms with Crippen LogP contribution >= 0.6 is 0 Å². The summed E-state index contributed by atoms with van der Waals surface area (Å²) in [5.74, 6) is 1.11. The lowest BCUT2D eigenvalue weighted by molar-refractivity contribution is 0.0333. The Balaban J connectivity index is 1.93. The predicted octanol–water partition coefficient (Wildman–Crippen LogP) is 3.03. The van der Waals surface area contributed by atoms with Crippen LogP contribution < -0.4 is 5.32 Å². The van der Waals surface area contributed by atoms with Gasteiger partial charge >= 0.3 is 0 Å². The van der Waals surface area contributed by atoms with Crippen molar-refractivity contribution >= 4 is 0 Å². The first kappa shape index (κ1) is 14.8. The molecule has 0 aliphatic rings. The molecule has 0 amide bonds. The van der Waals surface area contributed by atoms with E-state index in [4.69, 9.17) is 4.42 Å². The summed E-state index contributed by atoms with van der Waals surface area (Å²) in [6, 6.07) is 8.60. The van der Waals surface area contributed by atoms with Crippen LogP contribution in [0.5, 0.6) is 0 Å². The molecule has 1 aromatic carbocycles. The minimum absolute atomic E-state index is 0.202. The molecule has 1 atom stereocenters. The molecule has 0 fully saturated rings. The van der Waals surface area contributed by atoms with E-state index in [0.29, 0.717) is 24.4 Å². The van der Waals surface area contributed by atoms with E-state index in [0.717, 1.165) is 11.3 Å². The highest BCUT2D eigenvalue weighted by Gasteiger charge is 2.26. The molecule has 108 valence electrons. The second-order valence-corrected chi connectivity index (χ2v) is 5.37. The molecular weight excluding hydrogens is 257 g/mol. The number of aliphatic hydroxyl groups is 1. The summed E-state index contributed by atoms with van der Waals surface area (Å²) in [4.78, 5) is 0. The largest absolute Gasteiger partial charge is 0.463 e. The van der Waals surface area contributed by atoms with Crippen molar-refractivity contribution in [2.24, 2.45) is 0 Å². The molecule has 4 heteroatoms. The summed E-state index contributed by atoms with van der Waals surface area (Å²) in [7, 11) is 0. The normalized spacial score (nSPS) is 14.2. The van der Waals surface area contributed by atoms with Gasteiger partial charge in [0.25, 0.3) is 0 Å². The van der Waals surface area contributed by atoms with Crippen LogP contribution in [0, 0.1) is 19.7 Å². The lowest BCUT2D eigenvalue weighted by Crippen LogP contribution is -2.34. The highest BCUT2D eigenvalue weighted by molar-refractivity contribution is 5.23. The van der Waals surface area contributed by atoms with Crippen LogP contribution in [0.4, 0.5) is 4.39 Å². The highest BCUT2D eigenvalue weighted by atomic mass is 19.1. The van der Waals surface area contributed by atoms with E-state index in [1.54, 1.807) is 32.0 Å². The summed E-state index contributed by atoms with van der Waals surface area (Å²) in [6.07, 6.45) is 0. The Hall–Kier alpha value is -1.65. The first-order valence-corrected chi connectivity index (χ1v) is 6.63. The molecule has 0 radical (unpaired) electrons. The molecule has 0 aliphatic carbocycles. The topological polar surface area (TPSA) is 45.4 Å². The Morgan fingerprint density at radius 2 is 2.00 bits per heavy atom. The van der Waals surface area contributed by atoms with E-state index in [1.165, 1.54) is 6.07 Å². The first-order chi connectivity index (χ1) is 9.38. The third-order valence-electron chi connectivity index (χ3n) is 3.29. The Morgan fingerprint density at radius 1 is 1.25 bits per heavy atom. The molecule has 2 N–H and O–H groups in total. The van der Waals surface area contributed by atoms with E-state index in [9.17, 15) is 9.50 Å². The lowest BCUT2D eigenvalue weighted by atomic mass is 10.0. The molecule has 20 heavy (non-hydrogen) atoms. The number of aryl methyl sites for hydroxylation is 2. The van der Waals surface area contributed by atoms with Gasteiger partial charge in [0.05, 0.1) is 0 Å². The number of benzene rings is 1. The fourth-order valence-corrected chi connectivity index (χ4v) is 2.08. The minimum Gasteiger partial charge on any atom is -0.463 e. The van der Waals surface area contributed by atoms with Gasteiger partial charge in [-0.15, -0.1) is 0 Å². The number of nitrogens with one attached hydrogen (secondary N) is 1. The zero-order valence-corrected chi connectivity index (χ0v) is 12.0. The van der Waals surface area contributed by atoms with Gasteiger partial charge in [0.1, 0.15) is 22.9 Å². The Morgan fingerprint density at radius 3 is 2.60 bits per heavy atom.